The molecule has 3 fully saturated rings. The van der Waals surface area contributed by atoms with Crippen molar-refractivity contribution < 1.29 is 25.5 Å². The minimum absolute atomic E-state index is 0.0485. The summed E-state index contributed by atoms with van der Waals surface area (Å²) >= 11 is 0. The number of hydrogen-bond acceptors (Lipinski definition) is 5. The van der Waals surface area contributed by atoms with Gasteiger partial charge in [-0.2, -0.15) is 0 Å². The molecule has 5 heteroatoms. The van der Waals surface area contributed by atoms with Gasteiger partial charge in [-0.15, -0.1) is 0 Å². The molecular formula is C21H34O5. The van der Waals surface area contributed by atoms with Crippen LogP contribution < -0.4 is 0 Å². The Labute approximate surface area is 155 Å². The van der Waals surface area contributed by atoms with E-state index in [4.69, 9.17) is 0 Å². The van der Waals surface area contributed by atoms with Crippen LogP contribution in [0, 0.1) is 22.7 Å². The molecule has 0 aliphatic heterocycles. The lowest BCUT2D eigenvalue weighted by Crippen LogP contribution is -2.71. The summed E-state index contributed by atoms with van der Waals surface area (Å²) in [5, 5.41) is 54.7. The predicted octanol–water partition coefficient (Wildman–Crippen LogP) is 1.51. The van der Waals surface area contributed by atoms with Gasteiger partial charge in [0.05, 0.1) is 29.3 Å². The van der Waals surface area contributed by atoms with E-state index in [-0.39, 0.29) is 23.4 Å². The maximum absolute atomic E-state index is 11.9. The van der Waals surface area contributed by atoms with E-state index in [1.807, 2.05) is 0 Å². The Hall–Kier alpha value is -0.460. The van der Waals surface area contributed by atoms with Gasteiger partial charge >= 0.3 is 0 Å². The Morgan fingerprint density at radius 2 is 1.77 bits per heavy atom. The molecule has 0 heterocycles. The molecule has 5 nitrogen and oxygen atoms in total. The third-order valence-electron chi connectivity index (χ3n) is 9.24. The van der Waals surface area contributed by atoms with Gasteiger partial charge in [-0.3, -0.25) is 0 Å². The average molecular weight is 366 g/mol. The van der Waals surface area contributed by atoms with Crippen molar-refractivity contribution in [2.24, 2.45) is 22.7 Å². The third kappa shape index (κ3) is 1.99. The van der Waals surface area contributed by atoms with Gasteiger partial charge in [-0.1, -0.05) is 25.5 Å². The molecule has 9 atom stereocenters. The van der Waals surface area contributed by atoms with Crippen molar-refractivity contribution in [2.45, 2.75) is 95.2 Å². The van der Waals surface area contributed by atoms with Crippen molar-refractivity contribution in [1.82, 2.24) is 0 Å². The van der Waals surface area contributed by atoms with Crippen LogP contribution >= 0.6 is 0 Å². The molecule has 3 saturated carbocycles. The van der Waals surface area contributed by atoms with E-state index in [9.17, 15) is 25.5 Å². The zero-order valence-corrected chi connectivity index (χ0v) is 16.1. The first-order valence-electron chi connectivity index (χ1n) is 10.2. The molecule has 4 aliphatic carbocycles. The van der Waals surface area contributed by atoms with Crippen LogP contribution in [-0.2, 0) is 0 Å². The summed E-state index contributed by atoms with van der Waals surface area (Å²) in [6.07, 6.45) is 4.22. The summed E-state index contributed by atoms with van der Waals surface area (Å²) in [6, 6.07) is 0. The Bertz CT molecular complexity index is 632. The number of aliphatic hydroxyl groups excluding tert-OH is 3. The van der Waals surface area contributed by atoms with Crippen LogP contribution in [0.5, 0.6) is 0 Å². The van der Waals surface area contributed by atoms with E-state index in [0.29, 0.717) is 32.1 Å². The van der Waals surface area contributed by atoms with Crippen LogP contribution in [0.4, 0.5) is 0 Å². The van der Waals surface area contributed by atoms with E-state index in [2.05, 4.69) is 13.0 Å². The van der Waals surface area contributed by atoms with Crippen LogP contribution in [-0.4, -0.2) is 55.0 Å². The molecule has 4 aliphatic rings. The number of rotatable bonds is 1. The van der Waals surface area contributed by atoms with Crippen molar-refractivity contribution in [1.29, 1.82) is 0 Å². The van der Waals surface area contributed by atoms with Crippen LogP contribution in [0.25, 0.3) is 0 Å². The van der Waals surface area contributed by atoms with Crippen molar-refractivity contribution in [3.05, 3.63) is 11.6 Å². The number of hydrogen-bond donors (Lipinski definition) is 5. The summed E-state index contributed by atoms with van der Waals surface area (Å²) in [5.74, 6) is 0.0760. The van der Waals surface area contributed by atoms with E-state index < -0.39 is 28.8 Å². The van der Waals surface area contributed by atoms with Gasteiger partial charge in [0.25, 0.3) is 0 Å². The van der Waals surface area contributed by atoms with Crippen LogP contribution in [0.15, 0.2) is 11.6 Å². The molecule has 4 rings (SSSR count). The van der Waals surface area contributed by atoms with E-state index in [1.54, 1.807) is 13.8 Å². The Morgan fingerprint density at radius 3 is 2.42 bits per heavy atom. The summed E-state index contributed by atoms with van der Waals surface area (Å²) in [4.78, 5) is 0. The molecule has 5 N–H and O–H groups in total. The minimum Gasteiger partial charge on any atom is -0.393 e. The third-order valence-corrected chi connectivity index (χ3v) is 9.24. The summed E-state index contributed by atoms with van der Waals surface area (Å²) < 4.78 is 0. The molecule has 0 radical (unpaired) electrons. The Balaban J connectivity index is 1.79. The molecule has 0 spiro atoms. The molecule has 0 bridgehead atoms. The second kappa shape index (κ2) is 5.54. The fraction of sp³-hybridized carbons (Fsp3) is 0.905. The van der Waals surface area contributed by atoms with Crippen LogP contribution in [0.3, 0.4) is 0 Å². The predicted molar refractivity (Wildman–Crippen MR) is 97.2 cm³/mol. The molecule has 0 saturated heterocycles. The van der Waals surface area contributed by atoms with Crippen molar-refractivity contribution in [2.75, 3.05) is 0 Å². The highest BCUT2D eigenvalue weighted by Crippen LogP contribution is 2.69. The lowest BCUT2D eigenvalue weighted by molar-refractivity contribution is -0.273. The zero-order valence-electron chi connectivity index (χ0n) is 16.1. The highest BCUT2D eigenvalue weighted by atomic mass is 16.4. The SMILES string of the molecule is CC(O)[C@]1(O)CC[C@]2(O)[C@@H]3CC=C4C[C@@H](O)CC[C@]4(C)[C@H]3C[C@@H](O)[C@]12C. The smallest absolute Gasteiger partial charge is 0.101 e. The molecule has 148 valence electrons. The molecule has 0 aromatic heterocycles. The zero-order chi connectivity index (χ0) is 19.1. The fourth-order valence-electron chi connectivity index (χ4n) is 7.33. The van der Waals surface area contributed by atoms with Gasteiger partial charge in [0, 0.05) is 0 Å². The number of allylic oxidation sites excluding steroid dienone is 1. The molecule has 0 amide bonds. The summed E-state index contributed by atoms with van der Waals surface area (Å²) in [5.41, 5.74) is -2.69. The number of aliphatic hydroxyl groups is 5. The molecular weight excluding hydrogens is 332 g/mol. The van der Waals surface area contributed by atoms with Gasteiger partial charge in [0.2, 0.25) is 0 Å². The van der Waals surface area contributed by atoms with Crippen molar-refractivity contribution in [3.8, 4) is 0 Å². The largest absolute Gasteiger partial charge is 0.393 e. The summed E-state index contributed by atoms with van der Waals surface area (Å²) in [7, 11) is 0. The normalized spacial score (nSPS) is 57.6. The highest BCUT2D eigenvalue weighted by Gasteiger charge is 2.75. The maximum atomic E-state index is 11.9. The minimum atomic E-state index is -1.49. The molecule has 0 aromatic carbocycles. The van der Waals surface area contributed by atoms with Gasteiger partial charge in [-0.05, 0) is 69.1 Å². The van der Waals surface area contributed by atoms with Crippen molar-refractivity contribution in [3.63, 3.8) is 0 Å². The van der Waals surface area contributed by atoms with E-state index >= 15 is 0 Å². The van der Waals surface area contributed by atoms with Crippen molar-refractivity contribution >= 4 is 0 Å². The lowest BCUT2D eigenvalue weighted by atomic mass is 9.44. The van der Waals surface area contributed by atoms with Gasteiger partial charge < -0.3 is 25.5 Å². The van der Waals surface area contributed by atoms with Gasteiger partial charge in [0.1, 0.15) is 5.60 Å². The second-order valence-corrected chi connectivity index (χ2v) is 9.97. The quantitative estimate of drug-likeness (QED) is 0.453. The maximum Gasteiger partial charge on any atom is 0.101 e. The van der Waals surface area contributed by atoms with Crippen LogP contribution in [0.2, 0.25) is 0 Å². The first-order valence-corrected chi connectivity index (χ1v) is 10.2. The first kappa shape index (κ1) is 18.9. The molecule has 0 aromatic rings. The monoisotopic (exact) mass is 366 g/mol. The standard InChI is InChI=1S/C21H34O5/c1-12(22)20(25)8-9-21(26)15-5-4-13-10-14(23)6-7-18(13,2)16(15)11-17(24)19(20,21)3/h4,12,14-17,22-26H,5-11H2,1-3H3/t12?,14-,15+,16-,17+,18-,19+,20+,21-/m0/s1. The topological polar surface area (TPSA) is 101 Å². The molecule has 1 unspecified atom stereocenters. The Kier molecular flexibility index (Phi) is 4.02. The van der Waals surface area contributed by atoms with Gasteiger partial charge in [0.15, 0.2) is 0 Å². The summed E-state index contributed by atoms with van der Waals surface area (Å²) in [6.45, 7) is 5.54. The van der Waals surface area contributed by atoms with E-state index in [0.717, 1.165) is 12.8 Å². The number of fused-ring (bicyclic) bond motifs is 5. The lowest BCUT2D eigenvalue weighted by Gasteiger charge is -2.64. The average Bonchev–Trinajstić information content (AvgIpc) is 2.80. The first-order chi connectivity index (χ1) is 12.0. The fourth-order valence-corrected chi connectivity index (χ4v) is 7.33. The Morgan fingerprint density at radius 1 is 1.08 bits per heavy atom. The van der Waals surface area contributed by atoms with E-state index in [1.165, 1.54) is 5.57 Å². The van der Waals surface area contributed by atoms with Gasteiger partial charge in [-0.25, -0.2) is 0 Å². The second-order valence-electron chi connectivity index (χ2n) is 9.97. The highest BCUT2D eigenvalue weighted by molar-refractivity contribution is 5.31. The molecule has 26 heavy (non-hydrogen) atoms. The van der Waals surface area contributed by atoms with Crippen LogP contribution in [0.1, 0.15) is 65.7 Å².